The van der Waals surface area contributed by atoms with E-state index in [0.717, 1.165) is 0 Å². The van der Waals surface area contributed by atoms with Crippen molar-refractivity contribution < 1.29 is 9.59 Å². The second-order valence-corrected chi connectivity index (χ2v) is 4.48. The molecule has 6 nitrogen and oxygen atoms in total. The third-order valence-corrected chi connectivity index (χ3v) is 3.05. The standard InChI is InChI=1S/C12H11ClN4O2/c13-7-1-2-9-8(5-7)11(15)12(19)17(9)6-10(18)16-4-3-14/h1-2,5,11H,4,6,15H2,(H,16,18). The largest absolute Gasteiger partial charge is 0.341 e. The first-order valence-electron chi connectivity index (χ1n) is 5.54. The second-order valence-electron chi connectivity index (χ2n) is 4.04. The molecular formula is C12H11ClN4O2. The molecule has 1 heterocycles. The van der Waals surface area contributed by atoms with Crippen LogP contribution >= 0.6 is 11.6 Å². The number of amides is 2. The van der Waals surface area contributed by atoms with Gasteiger partial charge in [-0.25, -0.2) is 0 Å². The summed E-state index contributed by atoms with van der Waals surface area (Å²) in [6, 6.07) is 5.89. The predicted octanol–water partition coefficient (Wildman–Crippen LogP) is 0.326. The summed E-state index contributed by atoms with van der Waals surface area (Å²) in [6.07, 6.45) is 0. The molecule has 1 aliphatic heterocycles. The summed E-state index contributed by atoms with van der Waals surface area (Å²) in [7, 11) is 0. The summed E-state index contributed by atoms with van der Waals surface area (Å²) in [5.41, 5.74) is 6.97. The minimum Gasteiger partial charge on any atom is -0.341 e. The molecule has 1 aromatic rings. The summed E-state index contributed by atoms with van der Waals surface area (Å²) in [5, 5.41) is 11.2. The van der Waals surface area contributed by atoms with Crippen LogP contribution in [0.5, 0.6) is 0 Å². The van der Waals surface area contributed by atoms with E-state index in [2.05, 4.69) is 5.32 Å². The molecule has 0 spiro atoms. The highest BCUT2D eigenvalue weighted by Crippen LogP contribution is 2.35. The van der Waals surface area contributed by atoms with Crippen molar-refractivity contribution in [3.05, 3.63) is 28.8 Å². The van der Waals surface area contributed by atoms with Crippen LogP contribution in [0.2, 0.25) is 5.02 Å². The SMILES string of the molecule is N#CCNC(=O)CN1C(=O)C(N)c2cc(Cl)ccc21. The molecule has 1 unspecified atom stereocenters. The van der Waals surface area contributed by atoms with Gasteiger partial charge in [0.25, 0.3) is 0 Å². The number of hydrogen-bond acceptors (Lipinski definition) is 4. The van der Waals surface area contributed by atoms with Crippen molar-refractivity contribution in [2.45, 2.75) is 6.04 Å². The van der Waals surface area contributed by atoms with Gasteiger partial charge < -0.3 is 16.0 Å². The molecule has 1 aromatic carbocycles. The van der Waals surface area contributed by atoms with E-state index in [-0.39, 0.29) is 19.0 Å². The van der Waals surface area contributed by atoms with E-state index < -0.39 is 11.9 Å². The van der Waals surface area contributed by atoms with Gasteiger partial charge in [0.2, 0.25) is 11.8 Å². The summed E-state index contributed by atoms with van der Waals surface area (Å²) >= 11 is 5.86. The highest BCUT2D eigenvalue weighted by atomic mass is 35.5. The number of rotatable bonds is 3. The number of nitrogens with zero attached hydrogens (tertiary/aromatic N) is 2. The Morgan fingerprint density at radius 2 is 2.32 bits per heavy atom. The van der Waals surface area contributed by atoms with Gasteiger partial charge in [-0.2, -0.15) is 5.26 Å². The van der Waals surface area contributed by atoms with Crippen molar-refractivity contribution in [3.63, 3.8) is 0 Å². The first-order valence-corrected chi connectivity index (χ1v) is 5.92. The van der Waals surface area contributed by atoms with Crippen molar-refractivity contribution in [2.24, 2.45) is 5.73 Å². The molecule has 1 aliphatic rings. The number of benzene rings is 1. The molecule has 0 fully saturated rings. The minimum absolute atomic E-state index is 0.0968. The number of halogens is 1. The maximum Gasteiger partial charge on any atom is 0.249 e. The zero-order valence-corrected chi connectivity index (χ0v) is 10.6. The fourth-order valence-corrected chi connectivity index (χ4v) is 2.12. The van der Waals surface area contributed by atoms with E-state index in [4.69, 9.17) is 22.6 Å². The van der Waals surface area contributed by atoms with Gasteiger partial charge >= 0.3 is 0 Å². The van der Waals surface area contributed by atoms with Crippen molar-refractivity contribution in [2.75, 3.05) is 18.0 Å². The molecule has 7 heteroatoms. The van der Waals surface area contributed by atoms with Crippen LogP contribution in [0.15, 0.2) is 18.2 Å². The molecule has 98 valence electrons. The van der Waals surface area contributed by atoms with Crippen molar-refractivity contribution in [1.29, 1.82) is 5.26 Å². The third kappa shape index (κ3) is 2.52. The summed E-state index contributed by atoms with van der Waals surface area (Å²) in [5.74, 6) is -0.769. The predicted molar refractivity (Wildman–Crippen MR) is 69.4 cm³/mol. The van der Waals surface area contributed by atoms with Gasteiger partial charge in [-0.3, -0.25) is 9.59 Å². The molecule has 0 aliphatic carbocycles. The van der Waals surface area contributed by atoms with E-state index in [9.17, 15) is 9.59 Å². The maximum atomic E-state index is 12.0. The molecule has 0 bridgehead atoms. The van der Waals surface area contributed by atoms with Crippen LogP contribution in [0.4, 0.5) is 5.69 Å². The van der Waals surface area contributed by atoms with E-state index >= 15 is 0 Å². The van der Waals surface area contributed by atoms with E-state index in [1.807, 2.05) is 0 Å². The van der Waals surface area contributed by atoms with Crippen LogP contribution in [0.25, 0.3) is 0 Å². The fourth-order valence-electron chi connectivity index (χ4n) is 1.94. The number of fused-ring (bicyclic) bond motifs is 1. The summed E-state index contributed by atoms with van der Waals surface area (Å²) in [4.78, 5) is 24.9. The molecule has 0 saturated carbocycles. The topological polar surface area (TPSA) is 99.2 Å². The van der Waals surface area contributed by atoms with Crippen molar-refractivity contribution in [1.82, 2.24) is 5.32 Å². The summed E-state index contributed by atoms with van der Waals surface area (Å²) in [6.45, 7) is -0.261. The molecule has 0 radical (unpaired) electrons. The van der Waals surface area contributed by atoms with Gasteiger partial charge in [-0.15, -0.1) is 0 Å². The number of nitrogens with two attached hydrogens (primary N) is 1. The fraction of sp³-hybridized carbons (Fsp3) is 0.250. The number of nitrogens with one attached hydrogen (secondary N) is 1. The lowest BCUT2D eigenvalue weighted by Gasteiger charge is -2.16. The lowest BCUT2D eigenvalue weighted by Crippen LogP contribution is -2.40. The molecular weight excluding hydrogens is 268 g/mol. The number of nitriles is 1. The van der Waals surface area contributed by atoms with Crippen molar-refractivity contribution in [3.8, 4) is 6.07 Å². The highest BCUT2D eigenvalue weighted by molar-refractivity contribution is 6.31. The Kier molecular flexibility index (Phi) is 3.69. The Balaban J connectivity index is 2.22. The van der Waals surface area contributed by atoms with Crippen LogP contribution in [-0.4, -0.2) is 24.9 Å². The molecule has 2 amide bonds. The van der Waals surface area contributed by atoms with Crippen LogP contribution in [0.1, 0.15) is 11.6 Å². The molecule has 19 heavy (non-hydrogen) atoms. The van der Waals surface area contributed by atoms with E-state index in [0.29, 0.717) is 16.3 Å². The zero-order chi connectivity index (χ0) is 14.0. The minimum atomic E-state index is -0.808. The van der Waals surface area contributed by atoms with E-state index in [1.54, 1.807) is 24.3 Å². The molecule has 0 saturated heterocycles. The highest BCUT2D eigenvalue weighted by Gasteiger charge is 2.35. The molecule has 2 rings (SSSR count). The van der Waals surface area contributed by atoms with Crippen LogP contribution < -0.4 is 16.0 Å². The first-order chi connectivity index (χ1) is 9.04. The Labute approximate surface area is 114 Å². The molecule has 0 aromatic heterocycles. The van der Waals surface area contributed by atoms with Crippen LogP contribution in [-0.2, 0) is 9.59 Å². The van der Waals surface area contributed by atoms with E-state index in [1.165, 1.54) is 4.90 Å². The van der Waals surface area contributed by atoms with Gasteiger partial charge in [-0.05, 0) is 18.2 Å². The normalized spacial score (nSPS) is 17.0. The summed E-state index contributed by atoms with van der Waals surface area (Å²) < 4.78 is 0. The third-order valence-electron chi connectivity index (χ3n) is 2.81. The van der Waals surface area contributed by atoms with Crippen LogP contribution in [0, 0.1) is 11.3 Å². The maximum absolute atomic E-state index is 12.0. The van der Waals surface area contributed by atoms with Gasteiger partial charge in [0.05, 0.1) is 6.07 Å². The zero-order valence-electron chi connectivity index (χ0n) is 9.89. The average Bonchev–Trinajstić information content (AvgIpc) is 2.61. The number of hydrogen-bond donors (Lipinski definition) is 2. The quantitative estimate of drug-likeness (QED) is 0.778. The number of anilines is 1. The average molecular weight is 279 g/mol. The van der Waals surface area contributed by atoms with Gasteiger partial charge in [0, 0.05) is 16.3 Å². The lowest BCUT2D eigenvalue weighted by atomic mass is 10.1. The van der Waals surface area contributed by atoms with Crippen LogP contribution in [0.3, 0.4) is 0 Å². The van der Waals surface area contributed by atoms with Gasteiger partial charge in [0.1, 0.15) is 19.1 Å². The van der Waals surface area contributed by atoms with Gasteiger partial charge in [-0.1, -0.05) is 11.6 Å². The van der Waals surface area contributed by atoms with Gasteiger partial charge in [0.15, 0.2) is 0 Å². The number of carbonyl (C=O) groups is 2. The Morgan fingerprint density at radius 1 is 1.58 bits per heavy atom. The number of carbonyl (C=O) groups excluding carboxylic acids is 2. The molecule has 1 atom stereocenters. The lowest BCUT2D eigenvalue weighted by molar-refractivity contribution is -0.123. The molecule has 3 N–H and O–H groups in total. The Hall–Kier alpha value is -2.10. The first kappa shape index (κ1) is 13.3. The monoisotopic (exact) mass is 278 g/mol. The smallest absolute Gasteiger partial charge is 0.249 e. The Morgan fingerprint density at radius 3 is 3.00 bits per heavy atom. The Bertz CT molecular complexity index is 582. The van der Waals surface area contributed by atoms with Crippen molar-refractivity contribution >= 4 is 29.1 Å². The second kappa shape index (κ2) is 5.26.